The van der Waals surface area contributed by atoms with Crippen molar-refractivity contribution >= 4 is 17.7 Å². The van der Waals surface area contributed by atoms with Crippen molar-refractivity contribution in [2.75, 3.05) is 6.54 Å². The average molecular weight is 194 g/mol. The number of amides is 1. The zero-order valence-electron chi connectivity index (χ0n) is 7.98. The minimum atomic E-state index is -0.445. The molecule has 0 saturated heterocycles. The molecule has 0 aromatic heterocycles. The summed E-state index contributed by atoms with van der Waals surface area (Å²) >= 11 is 5.62. The van der Waals surface area contributed by atoms with Crippen LogP contribution in [0.3, 0.4) is 0 Å². The van der Waals surface area contributed by atoms with Gasteiger partial charge in [-0.15, -0.1) is 11.6 Å². The minimum absolute atomic E-state index is 0.0717. The van der Waals surface area contributed by atoms with Crippen LogP contribution in [0.25, 0.3) is 0 Å². The van der Waals surface area contributed by atoms with Gasteiger partial charge in [0.2, 0.25) is 0 Å². The Kier molecular flexibility index (Phi) is 4.39. The van der Waals surface area contributed by atoms with E-state index in [1.165, 1.54) is 0 Å². The molecule has 0 unspecified atom stereocenters. The Morgan fingerprint density at radius 2 is 2.08 bits per heavy atom. The number of rotatable bonds is 2. The number of hydrogen-bond acceptors (Lipinski definition) is 2. The molecule has 0 aromatic rings. The van der Waals surface area contributed by atoms with Gasteiger partial charge in [0, 0.05) is 11.9 Å². The molecular formula is C8H16ClNO2. The van der Waals surface area contributed by atoms with Crippen LogP contribution in [0.4, 0.5) is 4.79 Å². The molecule has 0 bridgehead atoms. The molecule has 0 aliphatic heterocycles. The van der Waals surface area contributed by atoms with Crippen LogP contribution in [0.2, 0.25) is 0 Å². The highest BCUT2D eigenvalue weighted by Crippen LogP contribution is 2.06. The summed E-state index contributed by atoms with van der Waals surface area (Å²) in [6, 6.07) is 0. The molecule has 1 amide bonds. The molecule has 0 spiro atoms. The molecule has 0 aliphatic rings. The molecule has 0 heterocycles. The van der Waals surface area contributed by atoms with E-state index >= 15 is 0 Å². The highest BCUT2D eigenvalue weighted by molar-refractivity contribution is 6.20. The summed E-state index contributed by atoms with van der Waals surface area (Å²) in [6.07, 6.45) is -0.421. The van der Waals surface area contributed by atoms with E-state index in [9.17, 15) is 4.79 Å². The summed E-state index contributed by atoms with van der Waals surface area (Å²) < 4.78 is 4.98. The third-order valence-corrected chi connectivity index (χ3v) is 1.08. The van der Waals surface area contributed by atoms with Crippen LogP contribution >= 0.6 is 11.6 Å². The SMILES string of the molecule is C[C@H](Cl)CNC(=O)OC(C)(C)C. The average Bonchev–Trinajstić information content (AvgIpc) is 1.79. The Bertz CT molecular complexity index is 152. The summed E-state index contributed by atoms with van der Waals surface area (Å²) in [5.74, 6) is 0. The molecule has 1 N–H and O–H groups in total. The first-order chi connectivity index (χ1) is 5.31. The summed E-state index contributed by atoms with van der Waals surface area (Å²) in [5.41, 5.74) is -0.445. The monoisotopic (exact) mass is 193 g/mol. The minimum Gasteiger partial charge on any atom is -0.444 e. The fraction of sp³-hybridized carbons (Fsp3) is 0.875. The van der Waals surface area contributed by atoms with E-state index in [2.05, 4.69) is 5.32 Å². The quantitative estimate of drug-likeness (QED) is 0.683. The molecule has 0 saturated carbocycles. The zero-order valence-corrected chi connectivity index (χ0v) is 8.73. The normalized spacial score (nSPS) is 13.8. The number of alkyl halides is 1. The van der Waals surface area contributed by atoms with Gasteiger partial charge < -0.3 is 10.1 Å². The molecule has 3 nitrogen and oxygen atoms in total. The summed E-state index contributed by atoms with van der Waals surface area (Å²) in [5, 5.41) is 2.47. The zero-order chi connectivity index (χ0) is 9.78. The number of hydrogen-bond donors (Lipinski definition) is 1. The Morgan fingerprint density at radius 3 is 2.42 bits per heavy atom. The van der Waals surface area contributed by atoms with Crippen LogP contribution < -0.4 is 5.32 Å². The van der Waals surface area contributed by atoms with Crippen LogP contribution in [-0.2, 0) is 4.74 Å². The maximum absolute atomic E-state index is 11.0. The van der Waals surface area contributed by atoms with E-state index in [1.54, 1.807) is 6.92 Å². The van der Waals surface area contributed by atoms with Crippen molar-refractivity contribution in [3.63, 3.8) is 0 Å². The van der Waals surface area contributed by atoms with Crippen LogP contribution in [-0.4, -0.2) is 23.6 Å². The van der Waals surface area contributed by atoms with Gasteiger partial charge in [-0.3, -0.25) is 0 Å². The molecule has 1 atom stereocenters. The second kappa shape index (κ2) is 4.55. The largest absolute Gasteiger partial charge is 0.444 e. The lowest BCUT2D eigenvalue weighted by Crippen LogP contribution is -2.35. The number of carbonyl (C=O) groups excluding carboxylic acids is 1. The fourth-order valence-corrected chi connectivity index (χ4v) is 0.615. The predicted octanol–water partition coefficient (Wildman–Crippen LogP) is 2.14. The first kappa shape index (κ1) is 11.6. The highest BCUT2D eigenvalue weighted by atomic mass is 35.5. The highest BCUT2D eigenvalue weighted by Gasteiger charge is 2.15. The Balaban J connectivity index is 3.61. The maximum Gasteiger partial charge on any atom is 0.407 e. The number of carbonyl (C=O) groups is 1. The van der Waals surface area contributed by atoms with Crippen molar-refractivity contribution in [2.24, 2.45) is 0 Å². The third kappa shape index (κ3) is 7.66. The lowest BCUT2D eigenvalue weighted by Gasteiger charge is -2.19. The van der Waals surface area contributed by atoms with Crippen molar-refractivity contribution in [1.29, 1.82) is 0 Å². The lowest BCUT2D eigenvalue weighted by molar-refractivity contribution is 0.0528. The molecule has 72 valence electrons. The lowest BCUT2D eigenvalue weighted by atomic mass is 10.2. The van der Waals surface area contributed by atoms with Crippen molar-refractivity contribution in [1.82, 2.24) is 5.32 Å². The molecule has 4 heteroatoms. The van der Waals surface area contributed by atoms with E-state index in [4.69, 9.17) is 16.3 Å². The third-order valence-electron chi connectivity index (χ3n) is 0.927. The molecule has 0 aliphatic carbocycles. The molecule has 0 fully saturated rings. The van der Waals surface area contributed by atoms with Gasteiger partial charge in [-0.25, -0.2) is 4.79 Å². The summed E-state index contributed by atoms with van der Waals surface area (Å²) in [6.45, 7) is 7.68. The molecule has 12 heavy (non-hydrogen) atoms. The van der Waals surface area contributed by atoms with Gasteiger partial charge in [-0.2, -0.15) is 0 Å². The predicted molar refractivity (Wildman–Crippen MR) is 49.6 cm³/mol. The smallest absolute Gasteiger partial charge is 0.407 e. The van der Waals surface area contributed by atoms with Crippen LogP contribution in [0.1, 0.15) is 27.7 Å². The first-order valence-electron chi connectivity index (χ1n) is 3.92. The number of alkyl carbamates (subject to hydrolysis) is 1. The second-order valence-electron chi connectivity index (χ2n) is 3.66. The van der Waals surface area contributed by atoms with Gasteiger partial charge in [-0.05, 0) is 27.7 Å². The Labute approximate surface area is 78.4 Å². The van der Waals surface area contributed by atoms with Gasteiger partial charge >= 0.3 is 6.09 Å². The number of halogens is 1. The summed E-state index contributed by atoms with van der Waals surface area (Å²) in [4.78, 5) is 11.0. The molecule has 0 aromatic carbocycles. The van der Waals surface area contributed by atoms with E-state index in [-0.39, 0.29) is 5.38 Å². The van der Waals surface area contributed by atoms with Crippen molar-refractivity contribution in [3.8, 4) is 0 Å². The van der Waals surface area contributed by atoms with E-state index in [0.717, 1.165) is 0 Å². The van der Waals surface area contributed by atoms with E-state index in [0.29, 0.717) is 6.54 Å². The van der Waals surface area contributed by atoms with Crippen LogP contribution in [0, 0.1) is 0 Å². The molecular weight excluding hydrogens is 178 g/mol. The Morgan fingerprint density at radius 1 is 1.58 bits per heavy atom. The van der Waals surface area contributed by atoms with E-state index in [1.807, 2.05) is 20.8 Å². The van der Waals surface area contributed by atoms with Crippen LogP contribution in [0.15, 0.2) is 0 Å². The summed E-state index contributed by atoms with van der Waals surface area (Å²) in [7, 11) is 0. The fourth-order valence-electron chi connectivity index (χ4n) is 0.538. The van der Waals surface area contributed by atoms with Crippen molar-refractivity contribution in [2.45, 2.75) is 38.7 Å². The second-order valence-corrected chi connectivity index (χ2v) is 4.41. The van der Waals surface area contributed by atoms with Gasteiger partial charge in [0.25, 0.3) is 0 Å². The maximum atomic E-state index is 11.0. The van der Waals surface area contributed by atoms with Gasteiger partial charge in [0.1, 0.15) is 5.60 Å². The van der Waals surface area contributed by atoms with Gasteiger partial charge in [0.15, 0.2) is 0 Å². The molecule has 0 rings (SSSR count). The van der Waals surface area contributed by atoms with Crippen LogP contribution in [0.5, 0.6) is 0 Å². The number of nitrogens with one attached hydrogen (secondary N) is 1. The standard InChI is InChI=1S/C8H16ClNO2/c1-6(9)5-10-7(11)12-8(2,3)4/h6H,5H2,1-4H3,(H,10,11)/t6-/m0/s1. The van der Waals surface area contributed by atoms with Gasteiger partial charge in [-0.1, -0.05) is 0 Å². The first-order valence-corrected chi connectivity index (χ1v) is 4.36. The van der Waals surface area contributed by atoms with Gasteiger partial charge in [0.05, 0.1) is 0 Å². The Hall–Kier alpha value is -0.440. The van der Waals surface area contributed by atoms with Crippen molar-refractivity contribution < 1.29 is 9.53 Å². The topological polar surface area (TPSA) is 38.3 Å². The number of ether oxygens (including phenoxy) is 1. The van der Waals surface area contributed by atoms with E-state index < -0.39 is 11.7 Å². The molecule has 0 radical (unpaired) electrons. The van der Waals surface area contributed by atoms with Crippen molar-refractivity contribution in [3.05, 3.63) is 0 Å².